The second kappa shape index (κ2) is 6.35. The van der Waals surface area contributed by atoms with Gasteiger partial charge in [-0.3, -0.25) is 14.9 Å². The van der Waals surface area contributed by atoms with Gasteiger partial charge in [0.15, 0.2) is 0 Å². The van der Waals surface area contributed by atoms with Crippen LogP contribution in [0.4, 0.5) is 11.4 Å². The van der Waals surface area contributed by atoms with Gasteiger partial charge in [-0.15, -0.1) is 12.4 Å². The van der Waals surface area contributed by atoms with E-state index in [1.807, 2.05) is 0 Å². The van der Waals surface area contributed by atoms with Gasteiger partial charge in [-0.1, -0.05) is 0 Å². The van der Waals surface area contributed by atoms with Crippen LogP contribution in [0.3, 0.4) is 0 Å². The van der Waals surface area contributed by atoms with Gasteiger partial charge in [0.2, 0.25) is 0 Å². The SMILES string of the molecule is Cl.Nc1ccc(C(=O)N2CCNCC2)cc1[N+](=O)[O-]. The third-order valence-electron chi connectivity index (χ3n) is 2.88. The zero-order chi connectivity index (χ0) is 13.1. The van der Waals surface area contributed by atoms with Crippen molar-refractivity contribution in [2.24, 2.45) is 0 Å². The van der Waals surface area contributed by atoms with Crippen LogP contribution >= 0.6 is 12.4 Å². The molecule has 1 fully saturated rings. The lowest BCUT2D eigenvalue weighted by atomic mass is 10.1. The minimum Gasteiger partial charge on any atom is -0.393 e. The molecule has 1 aliphatic heterocycles. The summed E-state index contributed by atoms with van der Waals surface area (Å²) in [6.45, 7) is 2.69. The Kier molecular flexibility index (Phi) is 5.08. The molecule has 0 unspecified atom stereocenters. The minimum absolute atomic E-state index is 0. The number of nitrogens with two attached hydrogens (primary N) is 1. The number of nitro benzene ring substituents is 1. The van der Waals surface area contributed by atoms with Crippen molar-refractivity contribution in [3.63, 3.8) is 0 Å². The van der Waals surface area contributed by atoms with Crippen molar-refractivity contribution in [2.75, 3.05) is 31.9 Å². The number of amides is 1. The van der Waals surface area contributed by atoms with Crippen LogP contribution in [0.2, 0.25) is 0 Å². The fraction of sp³-hybridized carbons (Fsp3) is 0.364. The van der Waals surface area contributed by atoms with E-state index in [0.717, 1.165) is 13.1 Å². The lowest BCUT2D eigenvalue weighted by Gasteiger charge is -2.27. The average molecular weight is 287 g/mol. The molecule has 0 aromatic heterocycles. The molecule has 2 rings (SSSR count). The van der Waals surface area contributed by atoms with Crippen LogP contribution in [0.1, 0.15) is 10.4 Å². The molecule has 0 atom stereocenters. The molecule has 1 aromatic rings. The number of hydrogen-bond acceptors (Lipinski definition) is 5. The summed E-state index contributed by atoms with van der Waals surface area (Å²) in [6.07, 6.45) is 0. The highest BCUT2D eigenvalue weighted by Crippen LogP contribution is 2.23. The Morgan fingerprint density at radius 1 is 1.37 bits per heavy atom. The van der Waals surface area contributed by atoms with Gasteiger partial charge in [0.25, 0.3) is 11.6 Å². The first kappa shape index (κ1) is 15.2. The number of rotatable bonds is 2. The van der Waals surface area contributed by atoms with E-state index in [1.165, 1.54) is 18.2 Å². The summed E-state index contributed by atoms with van der Waals surface area (Å²) < 4.78 is 0. The molecule has 1 aromatic carbocycles. The Hall–Kier alpha value is -1.86. The third kappa shape index (κ3) is 3.33. The second-order valence-electron chi connectivity index (χ2n) is 4.07. The van der Waals surface area contributed by atoms with E-state index < -0.39 is 4.92 Å². The molecule has 1 heterocycles. The summed E-state index contributed by atoms with van der Waals surface area (Å²) in [6, 6.07) is 4.15. The molecular formula is C11H15ClN4O3. The predicted molar refractivity (Wildman–Crippen MR) is 73.5 cm³/mol. The molecular weight excluding hydrogens is 272 g/mol. The second-order valence-corrected chi connectivity index (χ2v) is 4.07. The summed E-state index contributed by atoms with van der Waals surface area (Å²) in [5.41, 5.74) is 5.64. The molecule has 0 aliphatic carbocycles. The van der Waals surface area contributed by atoms with E-state index >= 15 is 0 Å². The highest BCUT2D eigenvalue weighted by molar-refractivity contribution is 5.95. The normalized spacial score (nSPS) is 14.6. The maximum atomic E-state index is 12.1. The van der Waals surface area contributed by atoms with Crippen LogP contribution in [0.5, 0.6) is 0 Å². The first-order chi connectivity index (χ1) is 8.59. The van der Waals surface area contributed by atoms with E-state index in [2.05, 4.69) is 5.32 Å². The maximum Gasteiger partial charge on any atom is 0.292 e. The minimum atomic E-state index is -0.579. The lowest BCUT2D eigenvalue weighted by Crippen LogP contribution is -2.46. The Morgan fingerprint density at radius 2 is 2.00 bits per heavy atom. The number of hydrogen-bond donors (Lipinski definition) is 2. The van der Waals surface area contributed by atoms with Gasteiger partial charge in [0.05, 0.1) is 4.92 Å². The monoisotopic (exact) mass is 286 g/mol. The van der Waals surface area contributed by atoms with Crippen molar-refractivity contribution in [2.45, 2.75) is 0 Å². The quantitative estimate of drug-likeness (QED) is 0.472. The first-order valence-corrected chi connectivity index (χ1v) is 5.63. The van der Waals surface area contributed by atoms with Crippen LogP contribution < -0.4 is 11.1 Å². The van der Waals surface area contributed by atoms with Gasteiger partial charge in [-0.2, -0.15) is 0 Å². The zero-order valence-electron chi connectivity index (χ0n) is 10.2. The van der Waals surface area contributed by atoms with Crippen molar-refractivity contribution in [1.82, 2.24) is 10.2 Å². The maximum absolute atomic E-state index is 12.1. The van der Waals surface area contributed by atoms with Crippen molar-refractivity contribution >= 4 is 29.7 Å². The molecule has 1 aliphatic rings. The van der Waals surface area contributed by atoms with E-state index in [-0.39, 0.29) is 29.7 Å². The largest absolute Gasteiger partial charge is 0.393 e. The number of carbonyl (C=O) groups is 1. The highest BCUT2D eigenvalue weighted by atomic mass is 35.5. The zero-order valence-corrected chi connectivity index (χ0v) is 11.0. The average Bonchev–Trinajstić information content (AvgIpc) is 2.39. The number of nitrogens with zero attached hydrogens (tertiary/aromatic N) is 2. The van der Waals surface area contributed by atoms with Crippen molar-refractivity contribution < 1.29 is 9.72 Å². The fourth-order valence-electron chi connectivity index (χ4n) is 1.89. The summed E-state index contributed by atoms with van der Waals surface area (Å²) in [4.78, 5) is 24.0. The molecule has 3 N–H and O–H groups in total. The standard InChI is InChI=1S/C11H14N4O3.ClH/c12-9-2-1-8(7-10(9)15(17)18)11(16)14-5-3-13-4-6-14;/h1-2,7,13H,3-6,12H2;1H. The highest BCUT2D eigenvalue weighted by Gasteiger charge is 2.21. The molecule has 1 amide bonds. The van der Waals surface area contributed by atoms with Crippen molar-refractivity contribution in [3.8, 4) is 0 Å². The summed E-state index contributed by atoms with van der Waals surface area (Å²) in [7, 11) is 0. The van der Waals surface area contributed by atoms with E-state index in [4.69, 9.17) is 5.73 Å². The number of nitrogen functional groups attached to an aromatic ring is 1. The van der Waals surface area contributed by atoms with Gasteiger partial charge in [0, 0.05) is 37.8 Å². The molecule has 104 valence electrons. The Bertz CT molecular complexity index is 489. The Labute approximate surface area is 116 Å². The summed E-state index contributed by atoms with van der Waals surface area (Å²) in [5, 5.41) is 13.9. The number of benzene rings is 1. The van der Waals surface area contributed by atoms with Crippen LogP contribution in [0.25, 0.3) is 0 Å². The van der Waals surface area contributed by atoms with Crippen LogP contribution in [-0.4, -0.2) is 41.9 Å². The van der Waals surface area contributed by atoms with E-state index in [0.29, 0.717) is 18.7 Å². The van der Waals surface area contributed by atoms with Crippen molar-refractivity contribution in [3.05, 3.63) is 33.9 Å². The third-order valence-corrected chi connectivity index (χ3v) is 2.88. The van der Waals surface area contributed by atoms with Crippen LogP contribution in [-0.2, 0) is 0 Å². The smallest absolute Gasteiger partial charge is 0.292 e. The van der Waals surface area contributed by atoms with Gasteiger partial charge >= 0.3 is 0 Å². The Morgan fingerprint density at radius 3 is 2.58 bits per heavy atom. The number of piperazine rings is 1. The van der Waals surface area contributed by atoms with Gasteiger partial charge in [-0.25, -0.2) is 0 Å². The summed E-state index contributed by atoms with van der Waals surface area (Å²) >= 11 is 0. The van der Waals surface area contributed by atoms with Gasteiger partial charge < -0.3 is 16.0 Å². The fourth-order valence-corrected chi connectivity index (χ4v) is 1.89. The van der Waals surface area contributed by atoms with E-state index in [9.17, 15) is 14.9 Å². The molecule has 7 nitrogen and oxygen atoms in total. The molecule has 0 bridgehead atoms. The van der Waals surface area contributed by atoms with Crippen LogP contribution in [0, 0.1) is 10.1 Å². The molecule has 8 heteroatoms. The molecule has 0 radical (unpaired) electrons. The van der Waals surface area contributed by atoms with Crippen molar-refractivity contribution in [1.29, 1.82) is 0 Å². The number of nitro groups is 1. The lowest BCUT2D eigenvalue weighted by molar-refractivity contribution is -0.383. The number of anilines is 1. The van der Waals surface area contributed by atoms with Gasteiger partial charge in [0.1, 0.15) is 5.69 Å². The number of nitrogens with one attached hydrogen (secondary N) is 1. The van der Waals surface area contributed by atoms with Gasteiger partial charge in [-0.05, 0) is 12.1 Å². The summed E-state index contributed by atoms with van der Waals surface area (Å²) in [5.74, 6) is -0.195. The number of halogens is 1. The molecule has 19 heavy (non-hydrogen) atoms. The van der Waals surface area contributed by atoms with Crippen LogP contribution in [0.15, 0.2) is 18.2 Å². The Balaban J connectivity index is 0.00000180. The number of carbonyl (C=O) groups excluding carboxylic acids is 1. The first-order valence-electron chi connectivity index (χ1n) is 5.63. The topological polar surface area (TPSA) is 102 Å². The predicted octanol–water partition coefficient (Wildman–Crippen LogP) is 0.644. The molecule has 0 saturated carbocycles. The van der Waals surface area contributed by atoms with E-state index in [1.54, 1.807) is 4.90 Å². The molecule has 1 saturated heterocycles. The molecule has 0 spiro atoms.